The third kappa shape index (κ3) is 4.89. The van der Waals surface area contributed by atoms with Crippen LogP contribution in [0.3, 0.4) is 0 Å². The van der Waals surface area contributed by atoms with Gasteiger partial charge in [-0.2, -0.15) is 0 Å². The van der Waals surface area contributed by atoms with Gasteiger partial charge in [-0.15, -0.1) is 11.3 Å². The van der Waals surface area contributed by atoms with Gasteiger partial charge in [0, 0.05) is 16.4 Å². The third-order valence-electron chi connectivity index (χ3n) is 6.52. The molecule has 1 aromatic carbocycles. The summed E-state index contributed by atoms with van der Waals surface area (Å²) in [6.45, 7) is 11.9. The number of rotatable bonds is 8. The molecule has 3 rings (SSSR count). The fourth-order valence-electron chi connectivity index (χ4n) is 4.95. The molecular formula is C26H38OS. The molecule has 0 fully saturated rings. The Bertz CT molecular complexity index is 789. The van der Waals surface area contributed by atoms with E-state index in [9.17, 15) is 0 Å². The standard InChI is InChI=1S/C26H38OS/c1-6-24-23-17-26(4,5)13-12-22(23)25(28-24)11-7-9-20-15-18(2)21(10-8-14-27)19(3)16-20/h15-16,27H,6-14,17H2,1-5H3. The lowest BCUT2D eigenvalue weighted by molar-refractivity contribution is 0.288. The van der Waals surface area contributed by atoms with Gasteiger partial charge >= 0.3 is 0 Å². The van der Waals surface area contributed by atoms with Gasteiger partial charge in [0.2, 0.25) is 0 Å². The predicted octanol–water partition coefficient (Wildman–Crippen LogP) is 6.54. The van der Waals surface area contributed by atoms with Gasteiger partial charge < -0.3 is 5.11 Å². The van der Waals surface area contributed by atoms with E-state index in [1.54, 1.807) is 20.9 Å². The van der Waals surface area contributed by atoms with Gasteiger partial charge in [-0.3, -0.25) is 0 Å². The summed E-state index contributed by atoms with van der Waals surface area (Å²) < 4.78 is 0. The zero-order chi connectivity index (χ0) is 20.3. The van der Waals surface area contributed by atoms with Crippen LogP contribution in [0.5, 0.6) is 0 Å². The molecule has 1 N–H and O–H groups in total. The van der Waals surface area contributed by atoms with Crippen LogP contribution in [0.15, 0.2) is 12.1 Å². The lowest BCUT2D eigenvalue weighted by Gasteiger charge is -2.30. The molecular weight excluding hydrogens is 360 g/mol. The number of aliphatic hydroxyl groups excluding tert-OH is 1. The molecule has 1 nitrogen and oxygen atoms in total. The summed E-state index contributed by atoms with van der Waals surface area (Å²) in [5.41, 5.74) is 9.60. The van der Waals surface area contributed by atoms with Crippen molar-refractivity contribution in [2.75, 3.05) is 6.61 Å². The summed E-state index contributed by atoms with van der Waals surface area (Å²) in [5, 5.41) is 9.12. The lowest BCUT2D eigenvalue weighted by Crippen LogP contribution is -2.22. The van der Waals surface area contributed by atoms with E-state index in [1.807, 2.05) is 0 Å². The van der Waals surface area contributed by atoms with E-state index in [0.717, 1.165) is 12.8 Å². The van der Waals surface area contributed by atoms with E-state index in [1.165, 1.54) is 67.2 Å². The topological polar surface area (TPSA) is 20.2 Å². The fourth-order valence-corrected chi connectivity index (χ4v) is 6.31. The largest absolute Gasteiger partial charge is 0.396 e. The molecule has 0 spiro atoms. The highest BCUT2D eigenvalue weighted by Crippen LogP contribution is 2.42. The SMILES string of the molecule is CCc1sc(CCCc2cc(C)c(CCCO)c(C)c2)c2c1CC(C)(C)CC2. The molecule has 0 unspecified atom stereocenters. The van der Waals surface area contributed by atoms with Crippen molar-refractivity contribution < 1.29 is 5.11 Å². The lowest BCUT2D eigenvalue weighted by atomic mass is 9.74. The van der Waals surface area contributed by atoms with Crippen molar-refractivity contribution in [1.29, 1.82) is 0 Å². The first-order valence-corrected chi connectivity index (χ1v) is 12.0. The third-order valence-corrected chi connectivity index (χ3v) is 8.00. The van der Waals surface area contributed by atoms with Crippen LogP contribution in [0.1, 0.15) is 83.2 Å². The number of benzene rings is 1. The smallest absolute Gasteiger partial charge is 0.0434 e. The van der Waals surface area contributed by atoms with E-state index >= 15 is 0 Å². The van der Waals surface area contributed by atoms with E-state index in [2.05, 4.69) is 58.1 Å². The van der Waals surface area contributed by atoms with E-state index in [0.29, 0.717) is 5.41 Å². The predicted molar refractivity (Wildman–Crippen MR) is 123 cm³/mol. The van der Waals surface area contributed by atoms with Gasteiger partial charge in [-0.05, 0) is 110 Å². The Labute approximate surface area is 176 Å². The molecule has 0 saturated carbocycles. The summed E-state index contributed by atoms with van der Waals surface area (Å²) in [7, 11) is 0. The molecule has 0 amide bonds. The van der Waals surface area contributed by atoms with Crippen LogP contribution < -0.4 is 0 Å². The van der Waals surface area contributed by atoms with Crippen LogP contribution in [0.4, 0.5) is 0 Å². The van der Waals surface area contributed by atoms with Gasteiger partial charge in [0.25, 0.3) is 0 Å². The number of fused-ring (bicyclic) bond motifs is 1. The molecule has 2 heteroatoms. The number of aliphatic hydroxyl groups is 1. The van der Waals surface area contributed by atoms with E-state index in [-0.39, 0.29) is 6.61 Å². The Morgan fingerprint density at radius 1 is 0.964 bits per heavy atom. The molecule has 0 aliphatic heterocycles. The number of aryl methyl sites for hydroxylation is 5. The van der Waals surface area contributed by atoms with Crippen molar-refractivity contribution in [3.63, 3.8) is 0 Å². The Morgan fingerprint density at radius 2 is 1.68 bits per heavy atom. The van der Waals surface area contributed by atoms with Gasteiger partial charge in [0.1, 0.15) is 0 Å². The minimum absolute atomic E-state index is 0.280. The molecule has 0 saturated heterocycles. The van der Waals surface area contributed by atoms with E-state index in [4.69, 9.17) is 5.11 Å². The maximum Gasteiger partial charge on any atom is 0.0434 e. The number of hydrogen-bond acceptors (Lipinski definition) is 2. The average molecular weight is 399 g/mol. The van der Waals surface area contributed by atoms with Crippen LogP contribution in [0.2, 0.25) is 0 Å². The maximum absolute atomic E-state index is 9.12. The van der Waals surface area contributed by atoms with Crippen LogP contribution >= 0.6 is 11.3 Å². The minimum atomic E-state index is 0.280. The van der Waals surface area contributed by atoms with Gasteiger partial charge in [0.05, 0.1) is 0 Å². The highest BCUT2D eigenvalue weighted by Gasteiger charge is 2.29. The first-order chi connectivity index (χ1) is 13.3. The van der Waals surface area contributed by atoms with Crippen molar-refractivity contribution in [3.05, 3.63) is 55.3 Å². The zero-order valence-electron chi connectivity index (χ0n) is 18.6. The first-order valence-electron chi connectivity index (χ1n) is 11.2. The molecule has 1 aromatic heterocycles. The Hall–Kier alpha value is -1.12. The zero-order valence-corrected chi connectivity index (χ0v) is 19.4. The van der Waals surface area contributed by atoms with Crippen LogP contribution in [0, 0.1) is 19.3 Å². The van der Waals surface area contributed by atoms with Crippen molar-refractivity contribution in [2.45, 2.75) is 92.4 Å². The summed E-state index contributed by atoms with van der Waals surface area (Å²) in [6.07, 6.45) is 10.6. The minimum Gasteiger partial charge on any atom is -0.396 e. The normalized spacial score (nSPS) is 15.6. The Kier molecular flexibility index (Phi) is 7.04. The average Bonchev–Trinajstić information content (AvgIpc) is 2.97. The molecule has 0 bridgehead atoms. The van der Waals surface area contributed by atoms with Crippen molar-refractivity contribution in [2.24, 2.45) is 5.41 Å². The van der Waals surface area contributed by atoms with Gasteiger partial charge in [0.15, 0.2) is 0 Å². The first kappa shape index (κ1) is 21.6. The monoisotopic (exact) mass is 398 g/mol. The molecule has 1 aliphatic carbocycles. The Balaban J connectivity index is 1.67. The molecule has 2 aromatic rings. The molecule has 28 heavy (non-hydrogen) atoms. The molecule has 1 aliphatic rings. The summed E-state index contributed by atoms with van der Waals surface area (Å²) in [6, 6.07) is 4.76. The summed E-state index contributed by atoms with van der Waals surface area (Å²) in [4.78, 5) is 3.33. The summed E-state index contributed by atoms with van der Waals surface area (Å²) in [5.74, 6) is 0. The second-order valence-electron chi connectivity index (χ2n) is 9.49. The Morgan fingerprint density at radius 3 is 2.32 bits per heavy atom. The second kappa shape index (κ2) is 9.13. The van der Waals surface area contributed by atoms with Gasteiger partial charge in [-0.25, -0.2) is 0 Å². The summed E-state index contributed by atoms with van der Waals surface area (Å²) >= 11 is 2.11. The number of thiophene rings is 1. The highest BCUT2D eigenvalue weighted by atomic mass is 32.1. The molecule has 154 valence electrons. The molecule has 0 atom stereocenters. The quantitative estimate of drug-likeness (QED) is 0.535. The highest BCUT2D eigenvalue weighted by molar-refractivity contribution is 7.12. The van der Waals surface area contributed by atoms with Gasteiger partial charge in [-0.1, -0.05) is 32.9 Å². The van der Waals surface area contributed by atoms with Crippen molar-refractivity contribution >= 4 is 11.3 Å². The molecule has 1 heterocycles. The fraction of sp³-hybridized carbons (Fsp3) is 0.615. The van der Waals surface area contributed by atoms with Crippen molar-refractivity contribution in [1.82, 2.24) is 0 Å². The van der Waals surface area contributed by atoms with Crippen LogP contribution in [-0.4, -0.2) is 11.7 Å². The van der Waals surface area contributed by atoms with Crippen LogP contribution in [-0.2, 0) is 38.5 Å². The second-order valence-corrected chi connectivity index (χ2v) is 10.7. The van der Waals surface area contributed by atoms with Crippen molar-refractivity contribution in [3.8, 4) is 0 Å². The van der Waals surface area contributed by atoms with Crippen LogP contribution in [0.25, 0.3) is 0 Å². The number of hydrogen-bond donors (Lipinski definition) is 1. The molecule has 0 radical (unpaired) electrons. The maximum atomic E-state index is 9.12. The van der Waals surface area contributed by atoms with E-state index < -0.39 is 0 Å².